The fourth-order valence-corrected chi connectivity index (χ4v) is 1.38. The molecule has 0 bridgehead atoms. The normalized spacial score (nSPS) is 30.2. The summed E-state index contributed by atoms with van der Waals surface area (Å²) in [6.45, 7) is 3.56. The summed E-state index contributed by atoms with van der Waals surface area (Å²) in [4.78, 5) is 6.57. The van der Waals surface area contributed by atoms with Gasteiger partial charge in [-0.15, -0.1) is 0 Å². The lowest BCUT2D eigenvalue weighted by Crippen LogP contribution is -2.48. The van der Waals surface area contributed by atoms with Crippen LogP contribution < -0.4 is 5.32 Å². The van der Waals surface area contributed by atoms with Gasteiger partial charge in [-0.1, -0.05) is 0 Å². The van der Waals surface area contributed by atoms with E-state index in [1.165, 1.54) is 0 Å². The molecule has 0 aliphatic carbocycles. The fourth-order valence-electron chi connectivity index (χ4n) is 1.38. The van der Waals surface area contributed by atoms with Crippen LogP contribution in [-0.4, -0.2) is 43.7 Å². The summed E-state index contributed by atoms with van der Waals surface area (Å²) in [6, 6.07) is 0. The molecule has 1 unspecified atom stereocenters. The number of aliphatic imine (C=N–C) groups is 1. The number of hydrogen-bond acceptors (Lipinski definition) is 4. The first-order valence-corrected chi connectivity index (χ1v) is 4.23. The van der Waals surface area contributed by atoms with E-state index >= 15 is 0 Å². The third-order valence-electron chi connectivity index (χ3n) is 2.05. The molecular weight excluding hydrogens is 154 g/mol. The van der Waals surface area contributed by atoms with Crippen LogP contribution in [0.3, 0.4) is 0 Å². The lowest BCUT2D eigenvalue weighted by atomic mass is 10.4. The molecule has 66 valence electrons. The quantitative estimate of drug-likeness (QED) is 0.587. The Bertz CT molecular complexity index is 196. The highest BCUT2D eigenvalue weighted by Gasteiger charge is 2.18. The molecule has 4 heteroatoms. The third-order valence-corrected chi connectivity index (χ3v) is 2.05. The van der Waals surface area contributed by atoms with Gasteiger partial charge in [-0.05, 0) is 6.08 Å². The molecule has 0 aromatic carbocycles. The summed E-state index contributed by atoms with van der Waals surface area (Å²) in [5, 5.41) is 3.18. The van der Waals surface area contributed by atoms with Gasteiger partial charge in [0.1, 0.15) is 0 Å². The summed E-state index contributed by atoms with van der Waals surface area (Å²) in [6.07, 6.45) is 5.78. The summed E-state index contributed by atoms with van der Waals surface area (Å²) >= 11 is 0. The van der Waals surface area contributed by atoms with Crippen molar-refractivity contribution in [2.75, 3.05) is 26.3 Å². The van der Waals surface area contributed by atoms with Crippen molar-refractivity contribution in [1.29, 1.82) is 0 Å². The van der Waals surface area contributed by atoms with Gasteiger partial charge in [0.2, 0.25) is 0 Å². The van der Waals surface area contributed by atoms with E-state index in [9.17, 15) is 0 Å². The van der Waals surface area contributed by atoms with Crippen LogP contribution in [0.1, 0.15) is 0 Å². The molecule has 2 aliphatic rings. The van der Waals surface area contributed by atoms with Crippen LogP contribution in [0.15, 0.2) is 17.3 Å². The SMILES string of the molecule is C1=CNC(N2CCOCC2)N=C1. The lowest BCUT2D eigenvalue weighted by Gasteiger charge is -2.32. The predicted molar refractivity (Wildman–Crippen MR) is 46.9 cm³/mol. The van der Waals surface area contributed by atoms with Gasteiger partial charge < -0.3 is 10.1 Å². The molecule has 12 heavy (non-hydrogen) atoms. The minimum absolute atomic E-state index is 0.124. The van der Waals surface area contributed by atoms with Gasteiger partial charge in [0.05, 0.1) is 13.2 Å². The van der Waals surface area contributed by atoms with Crippen LogP contribution in [0.2, 0.25) is 0 Å². The first-order chi connectivity index (χ1) is 5.97. The van der Waals surface area contributed by atoms with Crippen molar-refractivity contribution in [3.63, 3.8) is 0 Å². The van der Waals surface area contributed by atoms with Crippen molar-refractivity contribution in [2.45, 2.75) is 6.29 Å². The Hall–Kier alpha value is -0.870. The number of ether oxygens (including phenoxy) is 1. The summed E-state index contributed by atoms with van der Waals surface area (Å²) in [5.74, 6) is 0. The van der Waals surface area contributed by atoms with Gasteiger partial charge in [0.25, 0.3) is 0 Å². The number of nitrogens with zero attached hydrogens (tertiary/aromatic N) is 2. The van der Waals surface area contributed by atoms with E-state index in [1.54, 1.807) is 0 Å². The number of rotatable bonds is 1. The van der Waals surface area contributed by atoms with Crippen LogP contribution in [0.4, 0.5) is 0 Å². The molecule has 1 saturated heterocycles. The molecule has 1 atom stereocenters. The molecule has 0 radical (unpaired) electrons. The fraction of sp³-hybridized carbons (Fsp3) is 0.625. The monoisotopic (exact) mass is 167 g/mol. The van der Waals surface area contributed by atoms with Crippen molar-refractivity contribution in [3.05, 3.63) is 12.3 Å². The van der Waals surface area contributed by atoms with Crippen LogP contribution in [0.25, 0.3) is 0 Å². The van der Waals surface area contributed by atoms with Crippen LogP contribution in [0, 0.1) is 0 Å². The number of nitrogens with one attached hydrogen (secondary N) is 1. The summed E-state index contributed by atoms with van der Waals surface area (Å²) in [7, 11) is 0. The molecule has 0 amide bonds. The molecule has 0 saturated carbocycles. The molecule has 1 fully saturated rings. The van der Waals surface area contributed by atoms with Crippen molar-refractivity contribution in [3.8, 4) is 0 Å². The Morgan fingerprint density at radius 3 is 2.92 bits per heavy atom. The Morgan fingerprint density at radius 1 is 1.42 bits per heavy atom. The number of morpholine rings is 1. The van der Waals surface area contributed by atoms with Crippen LogP contribution in [0.5, 0.6) is 0 Å². The average Bonchev–Trinajstić information content (AvgIpc) is 2.21. The topological polar surface area (TPSA) is 36.9 Å². The molecule has 0 spiro atoms. The average molecular weight is 167 g/mol. The van der Waals surface area contributed by atoms with E-state index in [0.717, 1.165) is 26.3 Å². The minimum atomic E-state index is 0.124. The molecular formula is C8H13N3O. The van der Waals surface area contributed by atoms with E-state index in [4.69, 9.17) is 4.74 Å². The maximum absolute atomic E-state index is 5.25. The van der Waals surface area contributed by atoms with Crippen molar-refractivity contribution < 1.29 is 4.74 Å². The molecule has 1 N–H and O–H groups in total. The Balaban J connectivity index is 1.90. The highest BCUT2D eigenvalue weighted by Crippen LogP contribution is 2.03. The van der Waals surface area contributed by atoms with Crippen molar-refractivity contribution in [1.82, 2.24) is 10.2 Å². The van der Waals surface area contributed by atoms with Crippen molar-refractivity contribution in [2.24, 2.45) is 4.99 Å². The van der Waals surface area contributed by atoms with Crippen LogP contribution >= 0.6 is 0 Å². The zero-order valence-electron chi connectivity index (χ0n) is 6.94. The highest BCUT2D eigenvalue weighted by atomic mass is 16.5. The van der Waals surface area contributed by atoms with E-state index < -0.39 is 0 Å². The highest BCUT2D eigenvalue weighted by molar-refractivity contribution is 5.71. The van der Waals surface area contributed by atoms with Gasteiger partial charge in [-0.3, -0.25) is 9.89 Å². The zero-order valence-corrected chi connectivity index (χ0v) is 6.94. The van der Waals surface area contributed by atoms with Gasteiger partial charge in [0, 0.05) is 25.5 Å². The number of allylic oxidation sites excluding steroid dienone is 1. The van der Waals surface area contributed by atoms with Gasteiger partial charge >= 0.3 is 0 Å². The van der Waals surface area contributed by atoms with Gasteiger partial charge in [0.15, 0.2) is 6.29 Å². The molecule has 2 heterocycles. The van der Waals surface area contributed by atoms with E-state index in [-0.39, 0.29) is 6.29 Å². The molecule has 4 nitrogen and oxygen atoms in total. The standard InChI is InChI=1S/C8H13N3O/c1-2-9-8(10-3-1)11-4-6-12-7-5-11/h1-3,8-9H,4-7H2. The minimum Gasteiger partial charge on any atom is -0.379 e. The van der Waals surface area contributed by atoms with Crippen molar-refractivity contribution >= 4 is 6.21 Å². The first kappa shape index (κ1) is 7.76. The Morgan fingerprint density at radius 2 is 2.25 bits per heavy atom. The Kier molecular flexibility index (Phi) is 2.39. The zero-order chi connectivity index (χ0) is 8.23. The van der Waals surface area contributed by atoms with E-state index in [0.29, 0.717) is 0 Å². The second kappa shape index (κ2) is 3.69. The molecule has 0 aromatic heterocycles. The Labute approximate surface area is 71.9 Å². The third kappa shape index (κ3) is 1.65. The van der Waals surface area contributed by atoms with Crippen LogP contribution in [-0.2, 0) is 4.74 Å². The maximum atomic E-state index is 5.25. The second-order valence-electron chi connectivity index (χ2n) is 2.85. The predicted octanol–water partition coefficient (Wildman–Crippen LogP) is -0.210. The van der Waals surface area contributed by atoms with E-state index in [1.807, 2.05) is 18.5 Å². The smallest absolute Gasteiger partial charge is 0.175 e. The number of hydrogen-bond donors (Lipinski definition) is 1. The lowest BCUT2D eigenvalue weighted by molar-refractivity contribution is 0.0139. The molecule has 2 aliphatic heterocycles. The maximum Gasteiger partial charge on any atom is 0.175 e. The summed E-state index contributed by atoms with van der Waals surface area (Å²) < 4.78 is 5.25. The second-order valence-corrected chi connectivity index (χ2v) is 2.85. The van der Waals surface area contributed by atoms with E-state index in [2.05, 4.69) is 15.2 Å². The molecule has 0 aromatic rings. The first-order valence-electron chi connectivity index (χ1n) is 4.23. The molecule has 2 rings (SSSR count). The summed E-state index contributed by atoms with van der Waals surface area (Å²) in [5.41, 5.74) is 0. The largest absolute Gasteiger partial charge is 0.379 e. The van der Waals surface area contributed by atoms with Gasteiger partial charge in [-0.25, -0.2) is 0 Å². The van der Waals surface area contributed by atoms with Gasteiger partial charge in [-0.2, -0.15) is 0 Å².